The Morgan fingerprint density at radius 2 is 1.53 bits per heavy atom. The van der Waals surface area contributed by atoms with Crippen molar-refractivity contribution in [3.8, 4) is 0 Å². The molecule has 2 rings (SSSR count). The van der Waals surface area contributed by atoms with Crippen molar-refractivity contribution in [2.24, 2.45) is 0 Å². The first kappa shape index (κ1) is 13.3. The quantitative estimate of drug-likeness (QED) is 0.764. The average Bonchev–Trinajstić information content (AvgIpc) is 2.22. The van der Waals surface area contributed by atoms with E-state index in [1.807, 2.05) is 0 Å². The fourth-order valence-electron chi connectivity index (χ4n) is 3.36. The Morgan fingerprint density at radius 3 is 2.18 bits per heavy atom. The largest absolute Gasteiger partial charge is 0.391 e. The van der Waals surface area contributed by atoms with E-state index in [0.717, 1.165) is 25.9 Å². The van der Waals surface area contributed by atoms with E-state index in [1.165, 1.54) is 25.7 Å². The smallest absolute Gasteiger partial charge is 0.0695 e. The number of hydrogen-bond donors (Lipinski definition) is 1. The molecule has 1 heterocycles. The Labute approximate surface area is 105 Å². The zero-order valence-corrected chi connectivity index (χ0v) is 11.3. The van der Waals surface area contributed by atoms with Crippen LogP contribution in [-0.2, 0) is 4.74 Å². The van der Waals surface area contributed by atoms with E-state index in [0.29, 0.717) is 18.2 Å². The van der Waals surface area contributed by atoms with E-state index in [1.54, 1.807) is 0 Å². The maximum atomic E-state index is 10.3. The first-order valence-corrected chi connectivity index (χ1v) is 7.24. The predicted molar refractivity (Wildman–Crippen MR) is 69.1 cm³/mol. The molecule has 3 nitrogen and oxygen atoms in total. The molecule has 0 aromatic carbocycles. The third-order valence-corrected chi connectivity index (χ3v) is 4.11. The summed E-state index contributed by atoms with van der Waals surface area (Å²) in [6.07, 6.45) is 7.68. The van der Waals surface area contributed by atoms with Crippen LogP contribution >= 0.6 is 0 Å². The standard InChI is InChI=1S/C14H27NO2/c1-11-9-15(10-12(2)17-11)13-7-5-3-4-6-8-14(13)16/h11-14,16H,3-10H2,1-2H3. The van der Waals surface area contributed by atoms with Gasteiger partial charge >= 0.3 is 0 Å². The molecule has 17 heavy (non-hydrogen) atoms. The van der Waals surface area contributed by atoms with E-state index in [4.69, 9.17) is 4.74 Å². The number of ether oxygens (including phenoxy) is 1. The Kier molecular flexibility index (Phi) is 4.83. The fraction of sp³-hybridized carbons (Fsp3) is 1.00. The van der Waals surface area contributed by atoms with Crippen LogP contribution in [0, 0.1) is 0 Å². The Balaban J connectivity index is 1.97. The van der Waals surface area contributed by atoms with Crippen molar-refractivity contribution in [1.82, 2.24) is 4.90 Å². The molecule has 0 aromatic rings. The van der Waals surface area contributed by atoms with Gasteiger partial charge in [-0.05, 0) is 26.7 Å². The molecule has 100 valence electrons. The normalized spacial score (nSPS) is 41.8. The molecule has 2 aliphatic rings. The SMILES string of the molecule is CC1CN(C2CCCCCCC2O)CC(C)O1. The summed E-state index contributed by atoms with van der Waals surface area (Å²) >= 11 is 0. The summed E-state index contributed by atoms with van der Waals surface area (Å²) in [5, 5.41) is 10.3. The highest BCUT2D eigenvalue weighted by Crippen LogP contribution is 2.24. The number of aliphatic hydroxyl groups excluding tert-OH is 1. The van der Waals surface area contributed by atoms with Gasteiger partial charge in [0.1, 0.15) is 0 Å². The van der Waals surface area contributed by atoms with Crippen molar-refractivity contribution in [2.75, 3.05) is 13.1 Å². The Bertz CT molecular complexity index is 224. The van der Waals surface area contributed by atoms with Gasteiger partial charge in [0.2, 0.25) is 0 Å². The number of aliphatic hydroxyl groups is 1. The zero-order valence-electron chi connectivity index (χ0n) is 11.3. The fourth-order valence-corrected chi connectivity index (χ4v) is 3.36. The molecule has 0 aromatic heterocycles. The van der Waals surface area contributed by atoms with Gasteiger partial charge in [0.05, 0.1) is 18.3 Å². The van der Waals surface area contributed by atoms with Crippen LogP contribution in [0.15, 0.2) is 0 Å². The first-order valence-electron chi connectivity index (χ1n) is 7.24. The van der Waals surface area contributed by atoms with Crippen molar-refractivity contribution < 1.29 is 9.84 Å². The van der Waals surface area contributed by atoms with Crippen molar-refractivity contribution in [3.63, 3.8) is 0 Å². The van der Waals surface area contributed by atoms with Crippen LogP contribution in [0.3, 0.4) is 0 Å². The predicted octanol–water partition coefficient (Wildman–Crippen LogP) is 2.18. The molecular formula is C14H27NO2. The van der Waals surface area contributed by atoms with Gasteiger partial charge in [0, 0.05) is 19.1 Å². The Morgan fingerprint density at radius 1 is 0.941 bits per heavy atom. The summed E-state index contributed by atoms with van der Waals surface area (Å²) < 4.78 is 5.78. The molecule has 1 saturated heterocycles. The Hall–Kier alpha value is -0.120. The maximum Gasteiger partial charge on any atom is 0.0695 e. The van der Waals surface area contributed by atoms with Crippen molar-refractivity contribution in [3.05, 3.63) is 0 Å². The average molecular weight is 241 g/mol. The van der Waals surface area contributed by atoms with Gasteiger partial charge in [-0.3, -0.25) is 4.90 Å². The first-order chi connectivity index (χ1) is 8.16. The van der Waals surface area contributed by atoms with Crippen molar-refractivity contribution >= 4 is 0 Å². The molecule has 0 radical (unpaired) electrons. The lowest BCUT2D eigenvalue weighted by Gasteiger charge is -2.42. The summed E-state index contributed by atoms with van der Waals surface area (Å²) in [5.74, 6) is 0. The lowest BCUT2D eigenvalue weighted by molar-refractivity contribution is -0.0988. The van der Waals surface area contributed by atoms with Gasteiger partial charge in [-0.15, -0.1) is 0 Å². The molecule has 0 amide bonds. The minimum atomic E-state index is -0.132. The van der Waals surface area contributed by atoms with Crippen LogP contribution in [0.1, 0.15) is 52.4 Å². The third kappa shape index (κ3) is 3.67. The molecule has 3 heteroatoms. The van der Waals surface area contributed by atoms with Crippen LogP contribution in [0.25, 0.3) is 0 Å². The van der Waals surface area contributed by atoms with Crippen LogP contribution in [0.4, 0.5) is 0 Å². The van der Waals surface area contributed by atoms with Gasteiger partial charge in [-0.1, -0.05) is 25.7 Å². The van der Waals surface area contributed by atoms with E-state index >= 15 is 0 Å². The summed E-state index contributed by atoms with van der Waals surface area (Å²) in [7, 11) is 0. The van der Waals surface area contributed by atoms with Gasteiger partial charge in [-0.25, -0.2) is 0 Å². The summed E-state index contributed by atoms with van der Waals surface area (Å²) in [6, 6.07) is 0.365. The molecule has 1 saturated carbocycles. The van der Waals surface area contributed by atoms with Crippen LogP contribution in [0.2, 0.25) is 0 Å². The lowest BCUT2D eigenvalue weighted by Crippen LogP contribution is -2.53. The second kappa shape index (κ2) is 6.17. The lowest BCUT2D eigenvalue weighted by atomic mass is 9.92. The highest BCUT2D eigenvalue weighted by atomic mass is 16.5. The van der Waals surface area contributed by atoms with Crippen molar-refractivity contribution in [2.45, 2.75) is 76.7 Å². The monoisotopic (exact) mass is 241 g/mol. The second-order valence-electron chi connectivity index (χ2n) is 5.84. The summed E-state index contributed by atoms with van der Waals surface area (Å²) in [4.78, 5) is 2.47. The van der Waals surface area contributed by atoms with Gasteiger partial charge in [0.15, 0.2) is 0 Å². The molecule has 0 spiro atoms. The molecule has 0 bridgehead atoms. The molecule has 2 fully saturated rings. The van der Waals surface area contributed by atoms with E-state index in [9.17, 15) is 5.11 Å². The molecular weight excluding hydrogens is 214 g/mol. The molecule has 4 unspecified atom stereocenters. The number of nitrogens with zero attached hydrogens (tertiary/aromatic N) is 1. The second-order valence-corrected chi connectivity index (χ2v) is 5.84. The highest BCUT2D eigenvalue weighted by molar-refractivity contribution is 4.85. The van der Waals surface area contributed by atoms with Crippen LogP contribution in [-0.4, -0.2) is 47.4 Å². The van der Waals surface area contributed by atoms with Crippen LogP contribution in [0.5, 0.6) is 0 Å². The van der Waals surface area contributed by atoms with Gasteiger partial charge in [-0.2, -0.15) is 0 Å². The molecule has 1 aliphatic heterocycles. The minimum Gasteiger partial charge on any atom is -0.391 e. The number of hydrogen-bond acceptors (Lipinski definition) is 3. The number of rotatable bonds is 1. The number of morpholine rings is 1. The minimum absolute atomic E-state index is 0.132. The zero-order chi connectivity index (χ0) is 12.3. The van der Waals surface area contributed by atoms with Crippen molar-refractivity contribution in [1.29, 1.82) is 0 Å². The molecule has 1 aliphatic carbocycles. The summed E-state index contributed by atoms with van der Waals surface area (Å²) in [5.41, 5.74) is 0. The van der Waals surface area contributed by atoms with E-state index in [-0.39, 0.29) is 6.10 Å². The van der Waals surface area contributed by atoms with Gasteiger partial charge < -0.3 is 9.84 Å². The van der Waals surface area contributed by atoms with E-state index < -0.39 is 0 Å². The molecule has 4 atom stereocenters. The maximum absolute atomic E-state index is 10.3. The third-order valence-electron chi connectivity index (χ3n) is 4.11. The topological polar surface area (TPSA) is 32.7 Å². The van der Waals surface area contributed by atoms with Crippen LogP contribution < -0.4 is 0 Å². The molecule has 1 N–H and O–H groups in total. The van der Waals surface area contributed by atoms with Gasteiger partial charge in [0.25, 0.3) is 0 Å². The highest BCUT2D eigenvalue weighted by Gasteiger charge is 2.32. The van der Waals surface area contributed by atoms with E-state index in [2.05, 4.69) is 18.7 Å². The summed E-state index contributed by atoms with van der Waals surface area (Å²) in [6.45, 7) is 6.23.